The smallest absolute Gasteiger partial charge is 0.221 e. The topological polar surface area (TPSA) is 60.4 Å². The summed E-state index contributed by atoms with van der Waals surface area (Å²) in [6.45, 7) is 0. The van der Waals surface area contributed by atoms with Crippen molar-refractivity contribution in [2.24, 2.45) is 0 Å². The number of rotatable bonds is 4. The number of ether oxygens (including phenoxy) is 1. The monoisotopic (exact) mass is 362 g/mol. The van der Waals surface area contributed by atoms with Crippen molar-refractivity contribution in [1.82, 2.24) is 0 Å². The molecule has 0 atom stereocenters. The summed E-state index contributed by atoms with van der Waals surface area (Å²) in [6, 6.07) is 8.89. The number of halogens is 2. The lowest BCUT2D eigenvalue weighted by atomic mass is 10.1. The summed E-state index contributed by atoms with van der Waals surface area (Å²) in [6.07, 6.45) is 3.90. The molecular weight excluding hydrogens is 350 g/mol. The van der Waals surface area contributed by atoms with Crippen molar-refractivity contribution >= 4 is 21.2 Å². The van der Waals surface area contributed by atoms with Gasteiger partial charge < -0.3 is 4.74 Å². The first-order chi connectivity index (χ1) is 11.8. The zero-order chi connectivity index (χ0) is 18.2. The first-order valence-corrected chi connectivity index (χ1v) is 9.05. The van der Waals surface area contributed by atoms with Crippen LogP contribution in [0.4, 0.5) is 8.78 Å². The van der Waals surface area contributed by atoms with Crippen molar-refractivity contribution in [2.75, 3.05) is 6.26 Å². The summed E-state index contributed by atoms with van der Waals surface area (Å²) in [5.41, 5.74) is 0.988. The van der Waals surface area contributed by atoms with E-state index in [2.05, 4.69) is 0 Å². The minimum Gasteiger partial charge on any atom is -0.452 e. The quantitative estimate of drug-likeness (QED) is 0.837. The fraction of sp³-hybridized carbons (Fsp3) is 0.0556. The molecule has 2 aromatic carbocycles. The van der Waals surface area contributed by atoms with E-state index in [9.17, 15) is 22.0 Å². The van der Waals surface area contributed by atoms with Crippen LogP contribution in [-0.2, 0) is 14.6 Å². The molecule has 0 spiro atoms. The van der Waals surface area contributed by atoms with Crippen LogP contribution in [0.2, 0.25) is 0 Å². The van der Waals surface area contributed by atoms with Crippen LogP contribution in [0, 0.1) is 11.6 Å². The number of allylic oxidation sites excluding steroid dienone is 3. The largest absolute Gasteiger partial charge is 0.452 e. The molecule has 0 fully saturated rings. The number of carbonyl (C=O) groups excluding carboxylic acids is 1. The third-order valence-corrected chi connectivity index (χ3v) is 4.70. The minimum atomic E-state index is -3.33. The molecule has 0 radical (unpaired) electrons. The molecule has 25 heavy (non-hydrogen) atoms. The Morgan fingerprint density at radius 2 is 1.60 bits per heavy atom. The summed E-state index contributed by atoms with van der Waals surface area (Å²) < 4.78 is 54.7. The maximum absolute atomic E-state index is 13.3. The Morgan fingerprint density at radius 1 is 0.920 bits per heavy atom. The van der Waals surface area contributed by atoms with Gasteiger partial charge in [0.1, 0.15) is 5.75 Å². The van der Waals surface area contributed by atoms with Crippen LogP contribution < -0.4 is 4.74 Å². The number of hydrogen-bond acceptors (Lipinski definition) is 4. The molecule has 1 aliphatic rings. The Balaban J connectivity index is 1.98. The van der Waals surface area contributed by atoms with E-state index in [0.29, 0.717) is 11.1 Å². The Labute approximate surface area is 143 Å². The van der Waals surface area contributed by atoms with Crippen LogP contribution >= 0.6 is 0 Å². The first kappa shape index (κ1) is 17.0. The second-order valence-electron chi connectivity index (χ2n) is 5.41. The van der Waals surface area contributed by atoms with Crippen molar-refractivity contribution < 1.29 is 26.7 Å². The van der Waals surface area contributed by atoms with E-state index >= 15 is 0 Å². The van der Waals surface area contributed by atoms with Gasteiger partial charge in [-0.2, -0.15) is 0 Å². The molecule has 0 bridgehead atoms. The van der Waals surface area contributed by atoms with E-state index < -0.39 is 27.3 Å². The lowest BCUT2D eigenvalue weighted by molar-refractivity contribution is -0.112. The molecule has 2 aromatic rings. The van der Waals surface area contributed by atoms with Gasteiger partial charge in [0, 0.05) is 17.9 Å². The maximum Gasteiger partial charge on any atom is 0.221 e. The predicted octanol–water partition coefficient (Wildman–Crippen LogP) is 3.30. The molecule has 0 saturated heterocycles. The highest BCUT2D eigenvalue weighted by atomic mass is 32.2. The summed E-state index contributed by atoms with van der Waals surface area (Å²) in [7, 11) is -3.33. The fourth-order valence-electron chi connectivity index (χ4n) is 2.32. The molecule has 0 aliphatic heterocycles. The lowest BCUT2D eigenvalue weighted by Gasteiger charge is -2.10. The van der Waals surface area contributed by atoms with Crippen LogP contribution in [0.15, 0.2) is 65.3 Å². The molecule has 1 aliphatic carbocycles. The van der Waals surface area contributed by atoms with Crippen LogP contribution in [0.25, 0.3) is 5.57 Å². The van der Waals surface area contributed by atoms with E-state index in [1.54, 1.807) is 12.1 Å². The van der Waals surface area contributed by atoms with Gasteiger partial charge in [-0.1, -0.05) is 12.1 Å². The predicted molar refractivity (Wildman–Crippen MR) is 87.6 cm³/mol. The van der Waals surface area contributed by atoms with Crippen molar-refractivity contribution in [3.8, 4) is 5.75 Å². The molecule has 7 heteroatoms. The Kier molecular flexibility index (Phi) is 4.26. The summed E-state index contributed by atoms with van der Waals surface area (Å²) in [5.74, 6) is -2.59. The molecule has 128 valence electrons. The SMILES string of the molecule is CS(=O)(=O)c1ccc(C2=C(Oc3ccc(F)c(F)c3)C(=O)C=C2)cc1. The standard InChI is InChI=1S/C18H12F2O4S/c1-25(22,23)13-5-2-11(3-6-13)14-7-9-17(21)18(14)24-12-4-8-15(19)16(20)10-12/h2-10H,1H3. The van der Waals surface area contributed by atoms with Gasteiger partial charge in [-0.05, 0) is 42.0 Å². The van der Waals surface area contributed by atoms with E-state index in [0.717, 1.165) is 18.4 Å². The summed E-state index contributed by atoms with van der Waals surface area (Å²) in [4.78, 5) is 12.2. The van der Waals surface area contributed by atoms with E-state index in [4.69, 9.17) is 4.74 Å². The molecule has 0 unspecified atom stereocenters. The van der Waals surface area contributed by atoms with Gasteiger partial charge in [0.2, 0.25) is 5.78 Å². The zero-order valence-electron chi connectivity index (χ0n) is 13.0. The van der Waals surface area contributed by atoms with Crippen molar-refractivity contribution in [1.29, 1.82) is 0 Å². The maximum atomic E-state index is 13.3. The number of ketones is 1. The molecule has 0 amide bonds. The third-order valence-electron chi connectivity index (χ3n) is 3.57. The highest BCUT2D eigenvalue weighted by Crippen LogP contribution is 2.29. The summed E-state index contributed by atoms with van der Waals surface area (Å²) >= 11 is 0. The normalized spacial score (nSPS) is 14.3. The van der Waals surface area contributed by atoms with Crippen LogP contribution in [-0.4, -0.2) is 20.5 Å². The van der Waals surface area contributed by atoms with Gasteiger partial charge >= 0.3 is 0 Å². The van der Waals surface area contributed by atoms with Crippen molar-refractivity contribution in [3.05, 3.63) is 77.6 Å². The van der Waals surface area contributed by atoms with Gasteiger partial charge in [-0.3, -0.25) is 4.79 Å². The van der Waals surface area contributed by atoms with E-state index in [1.807, 2.05) is 0 Å². The second-order valence-corrected chi connectivity index (χ2v) is 7.43. The van der Waals surface area contributed by atoms with Crippen LogP contribution in [0.3, 0.4) is 0 Å². The van der Waals surface area contributed by atoms with Gasteiger partial charge in [-0.15, -0.1) is 0 Å². The Hall–Kier alpha value is -2.80. The van der Waals surface area contributed by atoms with E-state index in [-0.39, 0.29) is 16.4 Å². The highest BCUT2D eigenvalue weighted by molar-refractivity contribution is 7.90. The fourth-order valence-corrected chi connectivity index (χ4v) is 2.95. The molecule has 3 rings (SSSR count). The molecule has 4 nitrogen and oxygen atoms in total. The first-order valence-electron chi connectivity index (χ1n) is 7.16. The average molecular weight is 362 g/mol. The minimum absolute atomic E-state index is 0.0174. The lowest BCUT2D eigenvalue weighted by Crippen LogP contribution is -2.05. The molecule has 0 saturated carbocycles. The molecular formula is C18H12F2O4S. The van der Waals surface area contributed by atoms with Gasteiger partial charge in [0.05, 0.1) is 4.90 Å². The zero-order valence-corrected chi connectivity index (χ0v) is 13.8. The van der Waals surface area contributed by atoms with Crippen LogP contribution in [0.1, 0.15) is 5.56 Å². The van der Waals surface area contributed by atoms with Crippen LogP contribution in [0.5, 0.6) is 5.75 Å². The van der Waals surface area contributed by atoms with Crippen molar-refractivity contribution in [3.63, 3.8) is 0 Å². The molecule has 0 N–H and O–H groups in total. The molecule has 0 aromatic heterocycles. The third kappa shape index (κ3) is 3.51. The number of sulfone groups is 1. The average Bonchev–Trinajstić information content (AvgIpc) is 2.91. The number of carbonyl (C=O) groups is 1. The second kappa shape index (κ2) is 6.25. The summed E-state index contributed by atoms with van der Waals surface area (Å²) in [5, 5.41) is 0. The Morgan fingerprint density at radius 3 is 2.20 bits per heavy atom. The van der Waals surface area contributed by atoms with Crippen molar-refractivity contribution in [2.45, 2.75) is 4.90 Å². The number of benzene rings is 2. The van der Waals surface area contributed by atoms with E-state index in [1.165, 1.54) is 30.4 Å². The Bertz CT molecular complexity index is 1020. The highest BCUT2D eigenvalue weighted by Gasteiger charge is 2.22. The number of hydrogen-bond donors (Lipinski definition) is 0. The van der Waals surface area contributed by atoms with Gasteiger partial charge in [-0.25, -0.2) is 17.2 Å². The van der Waals surface area contributed by atoms with Gasteiger partial charge in [0.25, 0.3) is 0 Å². The van der Waals surface area contributed by atoms with Gasteiger partial charge in [0.15, 0.2) is 27.2 Å². The molecule has 0 heterocycles.